The zero-order valence-electron chi connectivity index (χ0n) is 6.37. The van der Waals surface area contributed by atoms with Crippen molar-refractivity contribution >= 4 is 11.6 Å². The van der Waals surface area contributed by atoms with Gasteiger partial charge in [0.25, 0.3) is 5.91 Å². The molecule has 0 atom stereocenters. The lowest BCUT2D eigenvalue weighted by Crippen LogP contribution is -2.11. The van der Waals surface area contributed by atoms with Crippen molar-refractivity contribution in [1.29, 1.82) is 0 Å². The summed E-state index contributed by atoms with van der Waals surface area (Å²) in [5.41, 5.74) is 1.45. The summed E-state index contributed by atoms with van der Waals surface area (Å²) in [7, 11) is 0. The molecule has 1 aromatic rings. The first-order valence-corrected chi connectivity index (χ1v) is 3.69. The zero-order valence-corrected chi connectivity index (χ0v) is 6.37. The molecule has 0 spiro atoms. The van der Waals surface area contributed by atoms with E-state index in [0.29, 0.717) is 5.70 Å². The van der Waals surface area contributed by atoms with Gasteiger partial charge in [0.2, 0.25) is 0 Å². The van der Waals surface area contributed by atoms with Crippen molar-refractivity contribution < 1.29 is 4.79 Å². The van der Waals surface area contributed by atoms with Gasteiger partial charge in [-0.2, -0.15) is 0 Å². The average molecular weight is 160 g/mol. The number of rotatable bonds is 2. The van der Waals surface area contributed by atoms with Crippen molar-refractivity contribution in [2.45, 2.75) is 0 Å². The van der Waals surface area contributed by atoms with Crippen LogP contribution in [0.1, 0.15) is 0 Å². The molecule has 0 saturated carbocycles. The van der Waals surface area contributed by atoms with E-state index in [1.807, 2.05) is 30.3 Å². The third kappa shape index (κ3) is 1.45. The van der Waals surface area contributed by atoms with Gasteiger partial charge in [0.1, 0.15) is 5.70 Å². The number of carbonyl (C=O) groups is 1. The number of para-hydroxylation sites is 1. The second-order valence-corrected chi connectivity index (χ2v) is 2.52. The minimum Gasteiger partial charge on any atom is -0.354 e. The molecule has 0 aromatic heterocycles. The van der Waals surface area contributed by atoms with Crippen LogP contribution in [0.2, 0.25) is 0 Å². The monoisotopic (exact) mass is 160 g/mol. The molecule has 1 aromatic carbocycles. The first-order chi connectivity index (χ1) is 5.86. The molecule has 12 heavy (non-hydrogen) atoms. The average Bonchev–Trinajstić information content (AvgIpc) is 2.88. The summed E-state index contributed by atoms with van der Waals surface area (Å²) >= 11 is 0. The van der Waals surface area contributed by atoms with Crippen molar-refractivity contribution in [3.63, 3.8) is 0 Å². The molecule has 2 N–H and O–H groups in total. The standard InChI is InChI=1S/C9H8N2O/c12-9(8-6-10-8)11-7-4-2-1-3-5-7/h1-6,10H,(H,11,12). The SMILES string of the molecule is O=C(Nc1ccccc1)C1=CN1. The largest absolute Gasteiger partial charge is 0.354 e. The van der Waals surface area contributed by atoms with Gasteiger partial charge >= 0.3 is 0 Å². The van der Waals surface area contributed by atoms with Gasteiger partial charge in [0.05, 0.1) is 0 Å². The van der Waals surface area contributed by atoms with Crippen LogP contribution in [0.25, 0.3) is 0 Å². The van der Waals surface area contributed by atoms with Gasteiger partial charge in [-0.25, -0.2) is 0 Å². The first kappa shape index (κ1) is 6.91. The van der Waals surface area contributed by atoms with Gasteiger partial charge in [0, 0.05) is 11.9 Å². The predicted molar refractivity (Wildman–Crippen MR) is 46.3 cm³/mol. The maximum absolute atomic E-state index is 11.1. The molecule has 3 nitrogen and oxygen atoms in total. The highest BCUT2D eigenvalue weighted by molar-refractivity contribution is 6.05. The van der Waals surface area contributed by atoms with Crippen LogP contribution in [0.3, 0.4) is 0 Å². The molecule has 0 radical (unpaired) electrons. The molecule has 1 aliphatic heterocycles. The lowest BCUT2D eigenvalue weighted by Gasteiger charge is -1.99. The number of hydrogen-bond donors (Lipinski definition) is 2. The normalized spacial score (nSPS) is 12.8. The summed E-state index contributed by atoms with van der Waals surface area (Å²) in [6.45, 7) is 0. The topological polar surface area (TPSA) is 51.0 Å². The molecular formula is C9H8N2O. The van der Waals surface area contributed by atoms with E-state index in [1.165, 1.54) is 0 Å². The van der Waals surface area contributed by atoms with Crippen molar-refractivity contribution in [3.8, 4) is 0 Å². The van der Waals surface area contributed by atoms with Gasteiger partial charge in [-0.05, 0) is 12.1 Å². The fourth-order valence-corrected chi connectivity index (χ4v) is 0.887. The van der Waals surface area contributed by atoms with Crippen molar-refractivity contribution in [3.05, 3.63) is 42.2 Å². The third-order valence-corrected chi connectivity index (χ3v) is 1.56. The van der Waals surface area contributed by atoms with E-state index in [9.17, 15) is 4.79 Å². The van der Waals surface area contributed by atoms with E-state index in [1.54, 1.807) is 6.20 Å². The number of carbonyl (C=O) groups excluding carboxylic acids is 1. The Labute approximate surface area is 70.1 Å². The van der Waals surface area contributed by atoms with E-state index in [0.717, 1.165) is 5.69 Å². The molecule has 1 heterocycles. The molecule has 0 saturated heterocycles. The van der Waals surface area contributed by atoms with Crippen LogP contribution in [0.5, 0.6) is 0 Å². The summed E-state index contributed by atoms with van der Waals surface area (Å²) in [6.07, 6.45) is 1.66. The van der Waals surface area contributed by atoms with Crippen LogP contribution in [0, 0.1) is 0 Å². The zero-order chi connectivity index (χ0) is 8.39. The minimum absolute atomic E-state index is 0.0822. The Morgan fingerprint density at radius 1 is 1.25 bits per heavy atom. The Hall–Kier alpha value is -1.77. The highest BCUT2D eigenvalue weighted by Gasteiger charge is 2.15. The second-order valence-electron chi connectivity index (χ2n) is 2.52. The Bertz CT molecular complexity index is 330. The number of hydrogen-bond acceptors (Lipinski definition) is 2. The van der Waals surface area contributed by atoms with Gasteiger partial charge < -0.3 is 10.6 Å². The maximum Gasteiger partial charge on any atom is 0.273 e. The minimum atomic E-state index is -0.0822. The molecule has 60 valence electrons. The number of amides is 1. The fourth-order valence-electron chi connectivity index (χ4n) is 0.887. The molecule has 2 rings (SSSR count). The van der Waals surface area contributed by atoms with E-state index < -0.39 is 0 Å². The summed E-state index contributed by atoms with van der Waals surface area (Å²) in [4.78, 5) is 11.1. The van der Waals surface area contributed by atoms with Crippen LogP contribution < -0.4 is 10.6 Å². The second kappa shape index (κ2) is 2.70. The fraction of sp³-hybridized carbons (Fsp3) is 0. The summed E-state index contributed by atoms with van der Waals surface area (Å²) in [5.74, 6) is -0.0822. The van der Waals surface area contributed by atoms with Crippen LogP contribution in [-0.4, -0.2) is 5.91 Å². The molecule has 0 fully saturated rings. The number of benzene rings is 1. The summed E-state index contributed by atoms with van der Waals surface area (Å²) < 4.78 is 0. The molecule has 0 unspecified atom stereocenters. The van der Waals surface area contributed by atoms with Gasteiger partial charge in [-0.15, -0.1) is 0 Å². The molecule has 1 amide bonds. The van der Waals surface area contributed by atoms with Crippen LogP contribution in [0.15, 0.2) is 42.2 Å². The molecule has 1 aliphatic rings. The Kier molecular flexibility index (Phi) is 1.55. The van der Waals surface area contributed by atoms with Crippen LogP contribution in [0.4, 0.5) is 5.69 Å². The van der Waals surface area contributed by atoms with E-state index in [-0.39, 0.29) is 5.91 Å². The van der Waals surface area contributed by atoms with E-state index in [2.05, 4.69) is 10.6 Å². The maximum atomic E-state index is 11.1. The summed E-state index contributed by atoms with van der Waals surface area (Å²) in [5, 5.41) is 5.47. The first-order valence-electron chi connectivity index (χ1n) is 3.69. The van der Waals surface area contributed by atoms with Crippen molar-refractivity contribution in [2.75, 3.05) is 5.32 Å². The summed E-state index contributed by atoms with van der Waals surface area (Å²) in [6, 6.07) is 9.36. The van der Waals surface area contributed by atoms with Crippen molar-refractivity contribution in [1.82, 2.24) is 5.32 Å². The quantitative estimate of drug-likeness (QED) is 0.679. The van der Waals surface area contributed by atoms with E-state index >= 15 is 0 Å². The number of nitrogens with one attached hydrogen (secondary N) is 2. The molecule has 0 bridgehead atoms. The van der Waals surface area contributed by atoms with Crippen LogP contribution >= 0.6 is 0 Å². The smallest absolute Gasteiger partial charge is 0.273 e. The molecule has 0 aliphatic carbocycles. The molecular weight excluding hydrogens is 152 g/mol. The predicted octanol–water partition coefficient (Wildman–Crippen LogP) is 1.07. The lowest BCUT2D eigenvalue weighted by atomic mass is 10.3. The highest BCUT2D eigenvalue weighted by atomic mass is 16.2. The third-order valence-electron chi connectivity index (χ3n) is 1.56. The van der Waals surface area contributed by atoms with Crippen molar-refractivity contribution in [2.24, 2.45) is 0 Å². The highest BCUT2D eigenvalue weighted by Crippen LogP contribution is 2.09. The molecule has 3 heteroatoms. The van der Waals surface area contributed by atoms with E-state index in [4.69, 9.17) is 0 Å². The Balaban J connectivity index is 2.03. The van der Waals surface area contributed by atoms with Gasteiger partial charge in [-0.3, -0.25) is 4.79 Å². The van der Waals surface area contributed by atoms with Gasteiger partial charge in [0.15, 0.2) is 0 Å². The lowest BCUT2D eigenvalue weighted by molar-refractivity contribution is -0.112. The Morgan fingerprint density at radius 2 is 1.92 bits per heavy atom. The number of anilines is 1. The van der Waals surface area contributed by atoms with Gasteiger partial charge in [-0.1, -0.05) is 18.2 Å². The Morgan fingerprint density at radius 3 is 2.50 bits per heavy atom. The van der Waals surface area contributed by atoms with Crippen LogP contribution in [-0.2, 0) is 4.79 Å².